The minimum Gasteiger partial charge on any atom is -0.449 e. The van der Waals surface area contributed by atoms with E-state index in [9.17, 15) is 18.4 Å². The van der Waals surface area contributed by atoms with Crippen LogP contribution in [0.15, 0.2) is 23.6 Å². The Kier molecular flexibility index (Phi) is 5.13. The van der Waals surface area contributed by atoms with Gasteiger partial charge in [0.15, 0.2) is 17.7 Å². The molecule has 0 fully saturated rings. The number of anilines is 1. The summed E-state index contributed by atoms with van der Waals surface area (Å²) in [7, 11) is 0. The number of hydrogen-bond acceptors (Lipinski definition) is 4. The van der Waals surface area contributed by atoms with E-state index < -0.39 is 29.6 Å². The van der Waals surface area contributed by atoms with Crippen LogP contribution in [0.25, 0.3) is 0 Å². The Labute approximate surface area is 147 Å². The van der Waals surface area contributed by atoms with Gasteiger partial charge < -0.3 is 10.1 Å². The second kappa shape index (κ2) is 7.31. The molecule has 1 atom stereocenters. The molecule has 1 aliphatic rings. The predicted octanol–water partition coefficient (Wildman–Crippen LogP) is 4.09. The first-order chi connectivity index (χ1) is 12.0. The van der Waals surface area contributed by atoms with Crippen LogP contribution >= 0.6 is 11.3 Å². The molecule has 1 heterocycles. The van der Waals surface area contributed by atoms with Crippen LogP contribution in [0.1, 0.15) is 40.6 Å². The average molecular weight is 365 g/mol. The summed E-state index contributed by atoms with van der Waals surface area (Å²) in [6.07, 6.45) is 2.92. The highest BCUT2D eigenvalue weighted by Gasteiger charge is 2.24. The standard InChI is InChI=1S/C18H17F2NO3S/c1-10(17(22)21-11-6-7-14(19)15(20)8-11)24-18(23)13-9-25-16-5-3-2-4-12(13)16/h6-10H,2-5H2,1H3,(H,21,22)/t10-/m0/s1. The highest BCUT2D eigenvalue weighted by molar-refractivity contribution is 7.10. The summed E-state index contributed by atoms with van der Waals surface area (Å²) in [6, 6.07) is 3.02. The van der Waals surface area contributed by atoms with Gasteiger partial charge >= 0.3 is 5.97 Å². The zero-order valence-corrected chi connectivity index (χ0v) is 14.4. The number of halogens is 2. The summed E-state index contributed by atoms with van der Waals surface area (Å²) in [5.74, 6) is -3.21. The Morgan fingerprint density at radius 3 is 2.72 bits per heavy atom. The molecule has 0 aliphatic heterocycles. The van der Waals surface area contributed by atoms with Gasteiger partial charge in [-0.3, -0.25) is 4.79 Å². The molecule has 0 bridgehead atoms. The van der Waals surface area contributed by atoms with E-state index in [4.69, 9.17) is 4.74 Å². The van der Waals surface area contributed by atoms with Gasteiger partial charge in [-0.15, -0.1) is 11.3 Å². The van der Waals surface area contributed by atoms with Gasteiger partial charge in [0.05, 0.1) is 5.56 Å². The van der Waals surface area contributed by atoms with Gasteiger partial charge in [-0.2, -0.15) is 0 Å². The molecule has 0 radical (unpaired) electrons. The van der Waals surface area contributed by atoms with E-state index in [0.29, 0.717) is 5.56 Å². The molecule has 25 heavy (non-hydrogen) atoms. The van der Waals surface area contributed by atoms with E-state index >= 15 is 0 Å². The summed E-state index contributed by atoms with van der Waals surface area (Å²) >= 11 is 1.54. The van der Waals surface area contributed by atoms with E-state index in [1.807, 2.05) is 0 Å². The predicted molar refractivity (Wildman–Crippen MR) is 90.8 cm³/mol. The number of rotatable bonds is 4. The number of carbonyl (C=O) groups excluding carboxylic acids is 2. The van der Waals surface area contributed by atoms with E-state index in [2.05, 4.69) is 5.32 Å². The van der Waals surface area contributed by atoms with E-state index in [-0.39, 0.29) is 5.69 Å². The quantitative estimate of drug-likeness (QED) is 0.831. The van der Waals surface area contributed by atoms with Crippen LogP contribution in [0.3, 0.4) is 0 Å². The van der Waals surface area contributed by atoms with Crippen molar-refractivity contribution in [2.24, 2.45) is 0 Å². The molecule has 4 nitrogen and oxygen atoms in total. The number of ether oxygens (including phenoxy) is 1. The van der Waals surface area contributed by atoms with Gasteiger partial charge in [0.1, 0.15) is 0 Å². The van der Waals surface area contributed by atoms with Crippen molar-refractivity contribution < 1.29 is 23.1 Å². The van der Waals surface area contributed by atoms with Crippen LogP contribution in [0.4, 0.5) is 14.5 Å². The van der Waals surface area contributed by atoms with Crippen LogP contribution in [-0.4, -0.2) is 18.0 Å². The third-order valence-corrected chi connectivity index (χ3v) is 5.21. The minimum absolute atomic E-state index is 0.0970. The second-order valence-electron chi connectivity index (χ2n) is 5.92. The SMILES string of the molecule is C[C@H](OC(=O)c1csc2c1CCCC2)C(=O)Nc1ccc(F)c(F)c1. The van der Waals surface area contributed by atoms with Crippen molar-refractivity contribution in [2.45, 2.75) is 38.7 Å². The molecule has 1 aliphatic carbocycles. The number of benzene rings is 1. The summed E-state index contributed by atoms with van der Waals surface area (Å²) in [5.41, 5.74) is 1.64. The smallest absolute Gasteiger partial charge is 0.340 e. The lowest BCUT2D eigenvalue weighted by Gasteiger charge is -2.15. The van der Waals surface area contributed by atoms with Gasteiger partial charge in [0.25, 0.3) is 5.91 Å². The van der Waals surface area contributed by atoms with Crippen LogP contribution < -0.4 is 5.32 Å². The first kappa shape index (κ1) is 17.5. The molecule has 132 valence electrons. The normalized spacial score (nSPS) is 14.5. The van der Waals surface area contributed by atoms with Crippen LogP contribution in [-0.2, 0) is 22.4 Å². The zero-order valence-electron chi connectivity index (χ0n) is 13.6. The number of carbonyl (C=O) groups is 2. The van der Waals surface area contributed by atoms with E-state index in [1.54, 1.807) is 16.7 Å². The fraction of sp³-hybridized carbons (Fsp3) is 0.333. The van der Waals surface area contributed by atoms with Crippen molar-refractivity contribution in [3.63, 3.8) is 0 Å². The largest absolute Gasteiger partial charge is 0.449 e. The average Bonchev–Trinajstić information content (AvgIpc) is 3.02. The molecule has 7 heteroatoms. The van der Waals surface area contributed by atoms with Crippen LogP contribution in [0.5, 0.6) is 0 Å². The number of amides is 1. The van der Waals surface area contributed by atoms with Crippen molar-refractivity contribution in [3.8, 4) is 0 Å². The first-order valence-corrected chi connectivity index (χ1v) is 8.90. The zero-order chi connectivity index (χ0) is 18.0. The molecule has 0 unspecified atom stereocenters. The van der Waals surface area contributed by atoms with Crippen molar-refractivity contribution in [2.75, 3.05) is 5.32 Å². The third kappa shape index (κ3) is 3.87. The Balaban J connectivity index is 1.63. The Morgan fingerprint density at radius 1 is 1.20 bits per heavy atom. The molecule has 0 spiro atoms. The van der Waals surface area contributed by atoms with E-state index in [0.717, 1.165) is 43.4 Å². The van der Waals surface area contributed by atoms with E-state index in [1.165, 1.54) is 17.9 Å². The molecule has 0 saturated carbocycles. The van der Waals surface area contributed by atoms with Crippen LogP contribution in [0, 0.1) is 11.6 Å². The Bertz CT molecular complexity index is 819. The molecule has 1 amide bonds. The highest BCUT2D eigenvalue weighted by Crippen LogP contribution is 2.30. The topological polar surface area (TPSA) is 55.4 Å². The summed E-state index contributed by atoms with van der Waals surface area (Å²) < 4.78 is 31.3. The maximum atomic E-state index is 13.2. The number of fused-ring (bicyclic) bond motifs is 1. The van der Waals surface area contributed by atoms with Crippen molar-refractivity contribution >= 4 is 28.9 Å². The lowest BCUT2D eigenvalue weighted by Crippen LogP contribution is -2.30. The fourth-order valence-electron chi connectivity index (χ4n) is 2.76. The molecular formula is C18H17F2NO3S. The maximum Gasteiger partial charge on any atom is 0.340 e. The number of aryl methyl sites for hydroxylation is 1. The summed E-state index contributed by atoms with van der Waals surface area (Å²) in [5, 5.41) is 4.18. The summed E-state index contributed by atoms with van der Waals surface area (Å²) in [4.78, 5) is 25.6. The lowest BCUT2D eigenvalue weighted by atomic mass is 9.96. The summed E-state index contributed by atoms with van der Waals surface area (Å²) in [6.45, 7) is 1.44. The molecule has 0 saturated heterocycles. The lowest BCUT2D eigenvalue weighted by molar-refractivity contribution is -0.123. The Hall–Kier alpha value is -2.28. The second-order valence-corrected chi connectivity index (χ2v) is 6.89. The van der Waals surface area contributed by atoms with Crippen LogP contribution in [0.2, 0.25) is 0 Å². The Morgan fingerprint density at radius 2 is 1.96 bits per heavy atom. The minimum atomic E-state index is -1.06. The monoisotopic (exact) mass is 365 g/mol. The van der Waals surface area contributed by atoms with Gasteiger partial charge in [0.2, 0.25) is 0 Å². The molecule has 2 aromatic rings. The molecule has 3 rings (SSSR count). The molecular weight excluding hydrogens is 348 g/mol. The van der Waals surface area contributed by atoms with Gasteiger partial charge in [0, 0.05) is 22.0 Å². The molecule has 1 N–H and O–H groups in total. The number of esters is 1. The highest BCUT2D eigenvalue weighted by atomic mass is 32.1. The van der Waals surface area contributed by atoms with Crippen molar-refractivity contribution in [3.05, 3.63) is 51.2 Å². The van der Waals surface area contributed by atoms with Crippen molar-refractivity contribution in [1.29, 1.82) is 0 Å². The van der Waals surface area contributed by atoms with Gasteiger partial charge in [-0.1, -0.05) is 0 Å². The number of nitrogens with one attached hydrogen (secondary N) is 1. The fourth-order valence-corrected chi connectivity index (χ4v) is 3.88. The van der Waals surface area contributed by atoms with Gasteiger partial charge in [-0.05, 0) is 50.3 Å². The number of thiophene rings is 1. The third-order valence-electron chi connectivity index (χ3n) is 4.12. The molecule has 1 aromatic carbocycles. The number of hydrogen-bond donors (Lipinski definition) is 1. The molecule has 1 aromatic heterocycles. The maximum absolute atomic E-state index is 13.2. The first-order valence-electron chi connectivity index (χ1n) is 8.02. The van der Waals surface area contributed by atoms with Crippen molar-refractivity contribution in [1.82, 2.24) is 0 Å². The van der Waals surface area contributed by atoms with Gasteiger partial charge in [-0.25, -0.2) is 13.6 Å².